The van der Waals surface area contributed by atoms with Crippen LogP contribution in [0.4, 0.5) is 5.95 Å². The molecule has 0 unspecified atom stereocenters. The molecule has 0 aliphatic carbocycles. The van der Waals surface area contributed by atoms with Gasteiger partial charge in [0.2, 0.25) is 5.95 Å². The van der Waals surface area contributed by atoms with Gasteiger partial charge in [0.15, 0.2) is 0 Å². The Labute approximate surface area is 157 Å². The molecular formula is C21H20N4O2. The van der Waals surface area contributed by atoms with Crippen molar-refractivity contribution < 1.29 is 9.53 Å². The standard InChI is InChI=1S/C21H20N4O2/c1-14-8-6-7-11-17(14)19-18(15(2)24-21-22-13-23-25(19)21)20(26)27-12-16-9-4-3-5-10-16/h3-11,13,19H,12H2,1-2H3,(H,22,23,24)/t19-/m0/s1. The van der Waals surface area contributed by atoms with Gasteiger partial charge in [0.1, 0.15) is 19.0 Å². The number of rotatable bonds is 4. The summed E-state index contributed by atoms with van der Waals surface area (Å²) in [5, 5.41) is 7.50. The number of nitrogens with one attached hydrogen (secondary N) is 1. The predicted molar refractivity (Wildman–Crippen MR) is 102 cm³/mol. The molecule has 6 heteroatoms. The second-order valence-corrected chi connectivity index (χ2v) is 6.51. The van der Waals surface area contributed by atoms with E-state index in [0.717, 1.165) is 22.4 Å². The summed E-state index contributed by atoms with van der Waals surface area (Å²) >= 11 is 0. The maximum Gasteiger partial charge on any atom is 0.338 e. The van der Waals surface area contributed by atoms with Gasteiger partial charge >= 0.3 is 5.97 Å². The van der Waals surface area contributed by atoms with Crippen LogP contribution in [0.5, 0.6) is 0 Å². The first-order valence-electron chi connectivity index (χ1n) is 8.79. The minimum atomic E-state index is -0.381. The normalized spacial score (nSPS) is 15.9. The summed E-state index contributed by atoms with van der Waals surface area (Å²) in [4.78, 5) is 17.3. The molecule has 0 bridgehead atoms. The summed E-state index contributed by atoms with van der Waals surface area (Å²) in [5.41, 5.74) is 4.28. The molecule has 1 atom stereocenters. The third-order valence-corrected chi connectivity index (χ3v) is 4.71. The van der Waals surface area contributed by atoms with Gasteiger partial charge in [-0.05, 0) is 30.5 Å². The van der Waals surface area contributed by atoms with Gasteiger partial charge in [0, 0.05) is 5.70 Å². The first-order chi connectivity index (χ1) is 13.1. The van der Waals surface area contributed by atoms with Gasteiger partial charge in [0.05, 0.1) is 5.57 Å². The Balaban J connectivity index is 1.70. The minimum Gasteiger partial charge on any atom is -0.457 e. The van der Waals surface area contributed by atoms with Crippen LogP contribution < -0.4 is 5.32 Å². The fourth-order valence-electron chi connectivity index (χ4n) is 3.34. The lowest BCUT2D eigenvalue weighted by Gasteiger charge is -2.29. The van der Waals surface area contributed by atoms with Crippen molar-refractivity contribution in [2.75, 3.05) is 5.32 Å². The van der Waals surface area contributed by atoms with Crippen molar-refractivity contribution in [1.82, 2.24) is 14.8 Å². The van der Waals surface area contributed by atoms with Gasteiger partial charge in [-0.15, -0.1) is 0 Å². The van der Waals surface area contributed by atoms with E-state index in [4.69, 9.17) is 4.74 Å². The first kappa shape index (κ1) is 17.0. The van der Waals surface area contributed by atoms with E-state index in [9.17, 15) is 4.79 Å². The number of aromatic nitrogens is 3. The van der Waals surface area contributed by atoms with Crippen LogP contribution in [-0.2, 0) is 16.1 Å². The number of carbonyl (C=O) groups excluding carboxylic acids is 1. The zero-order valence-electron chi connectivity index (χ0n) is 15.2. The SMILES string of the molecule is CC1=C(C(=O)OCc2ccccc2)[C@H](c2ccccc2C)n2ncnc2N1. The smallest absolute Gasteiger partial charge is 0.338 e. The van der Waals surface area contributed by atoms with E-state index in [0.29, 0.717) is 11.5 Å². The Bertz CT molecular complexity index is 1010. The molecule has 0 radical (unpaired) electrons. The fraction of sp³-hybridized carbons (Fsp3) is 0.190. The third-order valence-electron chi connectivity index (χ3n) is 4.71. The molecule has 136 valence electrons. The third kappa shape index (κ3) is 3.21. The number of esters is 1. The molecule has 4 rings (SSSR count). The molecule has 6 nitrogen and oxygen atoms in total. The monoisotopic (exact) mass is 360 g/mol. The van der Waals surface area contributed by atoms with E-state index in [-0.39, 0.29) is 18.6 Å². The molecule has 0 fully saturated rings. The number of allylic oxidation sites excluding steroid dienone is 1. The van der Waals surface area contributed by atoms with Crippen molar-refractivity contribution in [1.29, 1.82) is 0 Å². The lowest BCUT2D eigenvalue weighted by atomic mass is 9.92. The summed E-state index contributed by atoms with van der Waals surface area (Å²) < 4.78 is 7.35. The maximum absolute atomic E-state index is 13.0. The van der Waals surface area contributed by atoms with Crippen LogP contribution in [-0.4, -0.2) is 20.7 Å². The number of nitrogens with zero attached hydrogens (tertiary/aromatic N) is 3. The summed E-state index contributed by atoms with van der Waals surface area (Å²) in [7, 11) is 0. The van der Waals surface area contributed by atoms with Crippen molar-refractivity contribution >= 4 is 11.9 Å². The average molecular weight is 360 g/mol. The molecule has 0 amide bonds. The highest BCUT2D eigenvalue weighted by molar-refractivity contribution is 5.92. The zero-order chi connectivity index (χ0) is 18.8. The summed E-state index contributed by atoms with van der Waals surface area (Å²) in [6.07, 6.45) is 1.49. The molecule has 0 saturated carbocycles. The topological polar surface area (TPSA) is 69.0 Å². The van der Waals surface area contributed by atoms with Crippen molar-refractivity contribution in [3.8, 4) is 0 Å². The van der Waals surface area contributed by atoms with Gasteiger partial charge in [0.25, 0.3) is 0 Å². The summed E-state index contributed by atoms with van der Waals surface area (Å²) in [6, 6.07) is 17.2. The number of fused-ring (bicyclic) bond motifs is 1. The fourth-order valence-corrected chi connectivity index (χ4v) is 3.34. The molecule has 1 aliphatic heterocycles. The molecule has 2 heterocycles. The van der Waals surface area contributed by atoms with Crippen molar-refractivity contribution in [2.24, 2.45) is 0 Å². The van der Waals surface area contributed by atoms with E-state index in [1.165, 1.54) is 6.33 Å². The quantitative estimate of drug-likeness (QED) is 0.720. The molecule has 0 saturated heterocycles. The number of aryl methyl sites for hydroxylation is 1. The van der Waals surface area contributed by atoms with Crippen LogP contribution in [0.15, 0.2) is 72.2 Å². The van der Waals surface area contributed by atoms with Gasteiger partial charge < -0.3 is 10.1 Å². The molecule has 0 spiro atoms. The summed E-state index contributed by atoms with van der Waals surface area (Å²) in [6.45, 7) is 4.11. The molecule has 3 aromatic rings. The van der Waals surface area contributed by atoms with Crippen molar-refractivity contribution in [2.45, 2.75) is 26.5 Å². The highest BCUT2D eigenvalue weighted by atomic mass is 16.5. The van der Waals surface area contributed by atoms with Crippen molar-refractivity contribution in [3.63, 3.8) is 0 Å². The van der Waals surface area contributed by atoms with Gasteiger partial charge in [-0.1, -0.05) is 54.6 Å². The zero-order valence-corrected chi connectivity index (χ0v) is 15.2. The van der Waals surface area contributed by atoms with Crippen LogP contribution >= 0.6 is 0 Å². The Morgan fingerprint density at radius 3 is 2.63 bits per heavy atom. The number of hydrogen-bond acceptors (Lipinski definition) is 5. The Morgan fingerprint density at radius 1 is 1.11 bits per heavy atom. The molecular weight excluding hydrogens is 340 g/mol. The van der Waals surface area contributed by atoms with E-state index in [1.807, 2.05) is 68.4 Å². The lowest BCUT2D eigenvalue weighted by molar-refractivity contribution is -0.140. The van der Waals surface area contributed by atoms with E-state index >= 15 is 0 Å². The van der Waals surface area contributed by atoms with Crippen LogP contribution in [0.25, 0.3) is 0 Å². The number of ether oxygens (including phenoxy) is 1. The molecule has 1 N–H and O–H groups in total. The second-order valence-electron chi connectivity index (χ2n) is 6.51. The first-order valence-corrected chi connectivity index (χ1v) is 8.79. The molecule has 1 aromatic heterocycles. The Kier molecular flexibility index (Phi) is 4.46. The van der Waals surface area contributed by atoms with Crippen LogP contribution in [0.3, 0.4) is 0 Å². The van der Waals surface area contributed by atoms with Crippen LogP contribution in [0.1, 0.15) is 29.7 Å². The van der Waals surface area contributed by atoms with E-state index in [2.05, 4.69) is 15.4 Å². The average Bonchev–Trinajstić information content (AvgIpc) is 3.14. The second kappa shape index (κ2) is 7.07. The highest BCUT2D eigenvalue weighted by Crippen LogP contribution is 2.36. The van der Waals surface area contributed by atoms with Gasteiger partial charge in [-0.2, -0.15) is 10.1 Å². The number of anilines is 1. The number of benzene rings is 2. The Morgan fingerprint density at radius 2 is 1.85 bits per heavy atom. The highest BCUT2D eigenvalue weighted by Gasteiger charge is 2.34. The van der Waals surface area contributed by atoms with Crippen LogP contribution in [0, 0.1) is 6.92 Å². The maximum atomic E-state index is 13.0. The largest absolute Gasteiger partial charge is 0.457 e. The molecule has 1 aliphatic rings. The summed E-state index contributed by atoms with van der Waals surface area (Å²) in [5.74, 6) is 0.249. The predicted octanol–water partition coefficient (Wildman–Crippen LogP) is 3.62. The van der Waals surface area contributed by atoms with E-state index < -0.39 is 0 Å². The molecule has 2 aromatic carbocycles. The van der Waals surface area contributed by atoms with Gasteiger partial charge in [-0.3, -0.25) is 0 Å². The number of hydrogen-bond donors (Lipinski definition) is 1. The number of carbonyl (C=O) groups is 1. The van der Waals surface area contributed by atoms with E-state index in [1.54, 1.807) is 4.68 Å². The van der Waals surface area contributed by atoms with Crippen LogP contribution in [0.2, 0.25) is 0 Å². The van der Waals surface area contributed by atoms with Crippen molar-refractivity contribution in [3.05, 3.63) is 88.9 Å². The Hall–Kier alpha value is -3.41. The minimum absolute atomic E-state index is 0.223. The lowest BCUT2D eigenvalue weighted by Crippen LogP contribution is -2.30. The molecule has 27 heavy (non-hydrogen) atoms. The van der Waals surface area contributed by atoms with Gasteiger partial charge in [-0.25, -0.2) is 9.48 Å².